The van der Waals surface area contributed by atoms with E-state index in [0.29, 0.717) is 10.6 Å². The summed E-state index contributed by atoms with van der Waals surface area (Å²) in [6.07, 6.45) is 5.18. The molecule has 0 fully saturated rings. The van der Waals surface area contributed by atoms with Crippen LogP contribution in [0, 0.1) is 0 Å². The smallest absolute Gasteiger partial charge is 0.263 e. The number of nitrogens with zero attached hydrogens (tertiary/aromatic N) is 1. The number of aromatic nitrogens is 1. The molecule has 6 nitrogen and oxygen atoms in total. The van der Waals surface area contributed by atoms with Crippen molar-refractivity contribution in [3.63, 3.8) is 0 Å². The monoisotopic (exact) mass is 349 g/mol. The topological polar surface area (TPSA) is 86.5 Å². The SMILES string of the molecule is COC(CNC(=O)c1sc2nc3c(cc2c1N)CCCCC3)OC. The molecular weight excluding hydrogens is 326 g/mol. The van der Waals surface area contributed by atoms with E-state index < -0.39 is 6.29 Å². The number of nitrogens with one attached hydrogen (secondary N) is 1. The Kier molecular flexibility index (Phi) is 5.33. The van der Waals surface area contributed by atoms with E-state index in [0.717, 1.165) is 28.8 Å². The molecule has 0 saturated carbocycles. The van der Waals surface area contributed by atoms with Crippen molar-refractivity contribution in [2.24, 2.45) is 0 Å². The van der Waals surface area contributed by atoms with Crippen LogP contribution >= 0.6 is 11.3 Å². The fourth-order valence-corrected chi connectivity index (χ4v) is 4.04. The van der Waals surface area contributed by atoms with Gasteiger partial charge in [-0.1, -0.05) is 6.42 Å². The lowest BCUT2D eigenvalue weighted by Crippen LogP contribution is -2.34. The highest BCUT2D eigenvalue weighted by Gasteiger charge is 2.20. The highest BCUT2D eigenvalue weighted by atomic mass is 32.1. The number of anilines is 1. The number of ether oxygens (including phenoxy) is 2. The predicted octanol–water partition coefficient (Wildman–Crippen LogP) is 2.50. The average Bonchev–Trinajstić information content (AvgIpc) is 2.76. The van der Waals surface area contributed by atoms with E-state index in [-0.39, 0.29) is 12.5 Å². The van der Waals surface area contributed by atoms with Crippen LogP contribution in [0.3, 0.4) is 0 Å². The Morgan fingerprint density at radius 2 is 2.08 bits per heavy atom. The summed E-state index contributed by atoms with van der Waals surface area (Å²) in [7, 11) is 3.07. The van der Waals surface area contributed by atoms with Crippen molar-refractivity contribution in [3.05, 3.63) is 22.2 Å². The molecule has 3 rings (SSSR count). The molecule has 0 atom stereocenters. The van der Waals surface area contributed by atoms with Gasteiger partial charge in [-0.05, 0) is 37.3 Å². The number of methoxy groups -OCH3 is 2. The zero-order valence-electron chi connectivity index (χ0n) is 14.1. The first-order chi connectivity index (χ1) is 11.6. The third kappa shape index (κ3) is 3.38. The van der Waals surface area contributed by atoms with Gasteiger partial charge >= 0.3 is 0 Å². The molecule has 2 heterocycles. The van der Waals surface area contributed by atoms with Crippen molar-refractivity contribution in [1.29, 1.82) is 0 Å². The number of amides is 1. The Bertz CT molecular complexity index is 740. The minimum absolute atomic E-state index is 0.218. The first kappa shape index (κ1) is 17.1. The minimum atomic E-state index is -0.473. The Balaban J connectivity index is 1.87. The van der Waals surface area contributed by atoms with Crippen LogP contribution in [-0.4, -0.2) is 37.9 Å². The number of aryl methyl sites for hydroxylation is 2. The summed E-state index contributed by atoms with van der Waals surface area (Å²) in [6.45, 7) is 0.267. The van der Waals surface area contributed by atoms with Crippen LogP contribution in [0.15, 0.2) is 6.07 Å². The molecule has 24 heavy (non-hydrogen) atoms. The van der Waals surface area contributed by atoms with Gasteiger partial charge in [0.05, 0.1) is 12.2 Å². The van der Waals surface area contributed by atoms with E-state index in [1.807, 2.05) is 0 Å². The second kappa shape index (κ2) is 7.46. The molecule has 1 amide bonds. The van der Waals surface area contributed by atoms with E-state index in [2.05, 4.69) is 11.4 Å². The van der Waals surface area contributed by atoms with Gasteiger partial charge in [0.2, 0.25) is 0 Å². The first-order valence-electron chi connectivity index (χ1n) is 8.18. The number of hydrogen-bond acceptors (Lipinski definition) is 6. The van der Waals surface area contributed by atoms with Crippen LogP contribution in [0.4, 0.5) is 5.69 Å². The molecule has 0 spiro atoms. The number of rotatable bonds is 5. The van der Waals surface area contributed by atoms with Gasteiger partial charge in [-0.15, -0.1) is 11.3 Å². The molecule has 1 aliphatic rings. The molecule has 0 aliphatic heterocycles. The van der Waals surface area contributed by atoms with Crippen LogP contribution in [-0.2, 0) is 22.3 Å². The summed E-state index contributed by atoms with van der Waals surface area (Å²) in [5.41, 5.74) is 9.18. The normalized spacial score (nSPS) is 14.6. The molecular formula is C17H23N3O3S. The molecule has 0 bridgehead atoms. The van der Waals surface area contributed by atoms with E-state index in [1.54, 1.807) is 0 Å². The van der Waals surface area contributed by atoms with E-state index in [9.17, 15) is 4.79 Å². The number of carbonyl (C=O) groups is 1. The Morgan fingerprint density at radius 1 is 1.33 bits per heavy atom. The maximum Gasteiger partial charge on any atom is 0.263 e. The van der Waals surface area contributed by atoms with Crippen molar-refractivity contribution in [1.82, 2.24) is 10.3 Å². The second-order valence-corrected chi connectivity index (χ2v) is 6.96. The molecule has 2 aromatic heterocycles. The number of hydrogen-bond donors (Lipinski definition) is 2. The van der Waals surface area contributed by atoms with Gasteiger partial charge in [0.1, 0.15) is 9.71 Å². The summed E-state index contributed by atoms with van der Waals surface area (Å²) in [5, 5.41) is 3.69. The molecule has 1 aliphatic carbocycles. The predicted molar refractivity (Wildman–Crippen MR) is 95.4 cm³/mol. The zero-order valence-corrected chi connectivity index (χ0v) is 14.9. The van der Waals surface area contributed by atoms with Gasteiger partial charge in [0, 0.05) is 25.3 Å². The minimum Gasteiger partial charge on any atom is -0.397 e. The van der Waals surface area contributed by atoms with Crippen LogP contribution in [0.2, 0.25) is 0 Å². The number of thiophene rings is 1. The second-order valence-electron chi connectivity index (χ2n) is 5.96. The average molecular weight is 349 g/mol. The highest BCUT2D eigenvalue weighted by Crippen LogP contribution is 2.35. The van der Waals surface area contributed by atoms with Crippen LogP contribution in [0.25, 0.3) is 10.2 Å². The number of nitrogens with two attached hydrogens (primary N) is 1. The lowest BCUT2D eigenvalue weighted by Gasteiger charge is -2.13. The van der Waals surface area contributed by atoms with Crippen molar-refractivity contribution >= 4 is 33.1 Å². The van der Waals surface area contributed by atoms with Gasteiger partial charge in [-0.3, -0.25) is 4.79 Å². The van der Waals surface area contributed by atoms with Gasteiger partial charge in [0.25, 0.3) is 5.91 Å². The summed E-state index contributed by atoms with van der Waals surface area (Å²) < 4.78 is 10.2. The molecule has 0 unspecified atom stereocenters. The zero-order chi connectivity index (χ0) is 17.1. The van der Waals surface area contributed by atoms with E-state index in [4.69, 9.17) is 20.2 Å². The first-order valence-corrected chi connectivity index (χ1v) is 9.00. The Hall–Kier alpha value is -1.70. The molecule has 7 heteroatoms. The van der Waals surface area contributed by atoms with Crippen LogP contribution < -0.4 is 11.1 Å². The van der Waals surface area contributed by atoms with E-state index in [1.165, 1.54) is 50.4 Å². The maximum absolute atomic E-state index is 12.4. The lowest BCUT2D eigenvalue weighted by molar-refractivity contribution is -0.0974. The quantitative estimate of drug-likeness (QED) is 0.640. The highest BCUT2D eigenvalue weighted by molar-refractivity contribution is 7.21. The summed E-state index contributed by atoms with van der Waals surface area (Å²) in [5.74, 6) is -0.218. The van der Waals surface area contributed by atoms with Crippen molar-refractivity contribution < 1.29 is 14.3 Å². The summed E-state index contributed by atoms with van der Waals surface area (Å²) in [6, 6.07) is 2.12. The molecule has 0 aromatic carbocycles. The van der Waals surface area contributed by atoms with Crippen LogP contribution in [0.5, 0.6) is 0 Å². The number of nitrogen functional groups attached to an aromatic ring is 1. The third-order valence-corrected chi connectivity index (χ3v) is 5.52. The van der Waals surface area contributed by atoms with Crippen molar-refractivity contribution in [3.8, 4) is 0 Å². The molecule has 130 valence electrons. The Morgan fingerprint density at radius 3 is 2.83 bits per heavy atom. The third-order valence-electron chi connectivity index (χ3n) is 4.41. The van der Waals surface area contributed by atoms with Gasteiger partial charge < -0.3 is 20.5 Å². The molecule has 0 saturated heterocycles. The van der Waals surface area contributed by atoms with Gasteiger partial charge in [-0.25, -0.2) is 4.98 Å². The summed E-state index contributed by atoms with van der Waals surface area (Å²) >= 11 is 1.35. The summed E-state index contributed by atoms with van der Waals surface area (Å²) in [4.78, 5) is 18.5. The molecule has 2 aromatic rings. The lowest BCUT2D eigenvalue weighted by atomic mass is 10.1. The number of pyridine rings is 1. The largest absolute Gasteiger partial charge is 0.397 e. The van der Waals surface area contributed by atoms with E-state index >= 15 is 0 Å². The van der Waals surface area contributed by atoms with Gasteiger partial charge in [-0.2, -0.15) is 0 Å². The fraction of sp³-hybridized carbons (Fsp3) is 0.529. The molecule has 0 radical (unpaired) electrons. The Labute approximate surface area is 145 Å². The van der Waals surface area contributed by atoms with Crippen molar-refractivity contribution in [2.45, 2.75) is 38.4 Å². The maximum atomic E-state index is 12.4. The van der Waals surface area contributed by atoms with Crippen LogP contribution in [0.1, 0.15) is 40.2 Å². The van der Waals surface area contributed by atoms with Crippen molar-refractivity contribution in [2.75, 3.05) is 26.5 Å². The number of fused-ring (bicyclic) bond motifs is 2. The molecule has 3 N–H and O–H groups in total. The van der Waals surface area contributed by atoms with Gasteiger partial charge in [0.15, 0.2) is 6.29 Å². The number of carbonyl (C=O) groups excluding carboxylic acids is 1. The standard InChI is InChI=1S/C17H23N3O3S/c1-22-13(23-2)9-19-16(21)15-14(18)11-8-10-6-4-3-5-7-12(10)20-17(11)24-15/h8,13H,3-7,9,18H2,1-2H3,(H,19,21). The fourth-order valence-electron chi connectivity index (χ4n) is 3.02.